The molecule has 0 bridgehead atoms. The highest BCUT2D eigenvalue weighted by molar-refractivity contribution is 5.77. The molecule has 0 spiro atoms. The minimum Gasteiger partial charge on any atom is -0.492 e. The average molecular weight is 334 g/mol. The molecule has 0 amide bonds. The zero-order chi connectivity index (χ0) is 17.5. The zero-order valence-corrected chi connectivity index (χ0v) is 12.3. The van der Waals surface area contributed by atoms with E-state index in [2.05, 4.69) is 31.6 Å². The number of aliphatic hydroxyl groups is 2. The minimum absolute atomic E-state index is 0.0791. The van der Waals surface area contributed by atoms with Crippen molar-refractivity contribution in [2.24, 2.45) is 11.0 Å². The summed E-state index contributed by atoms with van der Waals surface area (Å²) >= 11 is 0. The van der Waals surface area contributed by atoms with Crippen molar-refractivity contribution >= 4 is 17.1 Å². The first-order valence-corrected chi connectivity index (χ1v) is 6.82. The third-order valence-corrected chi connectivity index (χ3v) is 3.89. The molecule has 5 N–H and O–H groups in total. The lowest BCUT2D eigenvalue weighted by atomic mass is 9.96. The molecule has 0 radical (unpaired) electrons. The van der Waals surface area contributed by atoms with E-state index in [-0.39, 0.29) is 17.1 Å². The number of fused-ring (bicyclic) bond motifs is 1. The molecule has 3 rings (SSSR count). The van der Waals surface area contributed by atoms with Crippen LogP contribution >= 0.6 is 0 Å². The van der Waals surface area contributed by atoms with Gasteiger partial charge in [-0.25, -0.2) is 4.98 Å². The van der Waals surface area contributed by atoms with E-state index in [1.54, 1.807) is 0 Å². The van der Waals surface area contributed by atoms with E-state index in [1.807, 2.05) is 0 Å². The summed E-state index contributed by atoms with van der Waals surface area (Å²) in [6, 6.07) is 0. The normalized spacial score (nSPS) is 29.5. The molecule has 24 heavy (non-hydrogen) atoms. The van der Waals surface area contributed by atoms with Crippen LogP contribution in [0.5, 0.6) is 5.88 Å². The fourth-order valence-electron chi connectivity index (χ4n) is 2.73. The van der Waals surface area contributed by atoms with E-state index in [4.69, 9.17) is 16.0 Å². The summed E-state index contributed by atoms with van der Waals surface area (Å²) < 4.78 is 7.02. The Morgan fingerprint density at radius 1 is 1.58 bits per heavy atom. The van der Waals surface area contributed by atoms with Crippen LogP contribution in [-0.2, 0) is 4.74 Å². The van der Waals surface area contributed by atoms with Gasteiger partial charge in [0.25, 0.3) is 0 Å². The lowest BCUT2D eigenvalue weighted by molar-refractivity contribution is -0.122. The Balaban J connectivity index is 2.15. The number of aliphatic hydroxyl groups excluding tert-OH is 2. The van der Waals surface area contributed by atoms with Crippen LogP contribution < -0.4 is 5.73 Å². The lowest BCUT2D eigenvalue weighted by Crippen LogP contribution is -2.42. The van der Waals surface area contributed by atoms with Crippen LogP contribution in [0, 0.1) is 5.92 Å². The quantitative estimate of drug-likeness (QED) is 0.256. The zero-order valence-electron chi connectivity index (χ0n) is 12.3. The van der Waals surface area contributed by atoms with Gasteiger partial charge in [-0.2, -0.15) is 9.97 Å². The molecule has 2 aromatic heterocycles. The van der Waals surface area contributed by atoms with Gasteiger partial charge in [-0.05, 0) is 5.53 Å². The second-order valence-electron chi connectivity index (χ2n) is 5.19. The summed E-state index contributed by atoms with van der Waals surface area (Å²) in [5.41, 5.74) is 12.6. The van der Waals surface area contributed by atoms with Crippen LogP contribution in [0.2, 0.25) is 0 Å². The second kappa shape index (κ2) is 5.62. The first-order chi connectivity index (χ1) is 11.5. The molecule has 0 aliphatic carbocycles. The standard InChI is InChI=1S/C12H14N8O4/c1-2-5-7(22)12(3-21,18-19-14)24-10(5)20-4-15-6-8(20)16-11(13)17-9(6)23/h2,4-5,7,10,21-22H,1,3H2,(H3,13,16,17,23)/t5-,7+,10-,12-/m1/s1. The van der Waals surface area contributed by atoms with Gasteiger partial charge in [0.2, 0.25) is 11.8 Å². The van der Waals surface area contributed by atoms with Crippen molar-refractivity contribution in [2.45, 2.75) is 18.1 Å². The number of ether oxygens (including phenoxy) is 1. The van der Waals surface area contributed by atoms with Crippen molar-refractivity contribution in [3.8, 4) is 5.88 Å². The highest BCUT2D eigenvalue weighted by Gasteiger charge is 2.54. The average Bonchev–Trinajstić information content (AvgIpc) is 3.08. The smallest absolute Gasteiger partial charge is 0.244 e. The maximum Gasteiger partial charge on any atom is 0.244 e. The Morgan fingerprint density at radius 3 is 2.96 bits per heavy atom. The fraction of sp³-hybridized carbons (Fsp3) is 0.417. The Hall–Kier alpha value is -2.92. The highest BCUT2D eigenvalue weighted by Crippen LogP contribution is 2.44. The number of nitrogen functional groups attached to an aromatic ring is 1. The monoisotopic (exact) mass is 334 g/mol. The van der Waals surface area contributed by atoms with Gasteiger partial charge in [0, 0.05) is 4.91 Å². The van der Waals surface area contributed by atoms with Crippen LogP contribution in [0.4, 0.5) is 5.95 Å². The van der Waals surface area contributed by atoms with E-state index in [1.165, 1.54) is 17.0 Å². The maximum absolute atomic E-state index is 10.4. The van der Waals surface area contributed by atoms with E-state index >= 15 is 0 Å². The molecule has 1 saturated heterocycles. The number of imidazole rings is 1. The van der Waals surface area contributed by atoms with Crippen LogP contribution in [0.3, 0.4) is 0 Å². The number of aromatic hydroxyl groups is 1. The predicted molar refractivity (Wildman–Crippen MR) is 80.2 cm³/mol. The molecule has 0 saturated carbocycles. The van der Waals surface area contributed by atoms with Gasteiger partial charge in [0.1, 0.15) is 12.3 Å². The number of nitrogens with two attached hydrogens (primary N) is 1. The first kappa shape index (κ1) is 16.0. The molecule has 126 valence electrons. The van der Waals surface area contributed by atoms with Gasteiger partial charge in [-0.3, -0.25) is 4.57 Å². The molecular formula is C12H14N8O4. The molecule has 0 unspecified atom stereocenters. The molecule has 4 atom stereocenters. The topological polar surface area (TPSA) is 188 Å². The SMILES string of the molecule is C=C[C@H]1[C@H](n2cnc3c(O)nc(N)nc32)O[C@@](CO)(N=[N+]=[N-])[C@H]1O. The number of anilines is 1. The molecular weight excluding hydrogens is 320 g/mol. The molecule has 12 heteroatoms. The fourth-order valence-corrected chi connectivity index (χ4v) is 2.73. The van der Waals surface area contributed by atoms with Gasteiger partial charge in [0.05, 0.1) is 18.9 Å². The second-order valence-corrected chi connectivity index (χ2v) is 5.19. The Morgan fingerprint density at radius 2 is 2.33 bits per heavy atom. The third-order valence-electron chi connectivity index (χ3n) is 3.89. The van der Waals surface area contributed by atoms with Crippen molar-refractivity contribution < 1.29 is 20.1 Å². The summed E-state index contributed by atoms with van der Waals surface area (Å²) in [5.74, 6) is -1.34. The molecule has 1 aliphatic heterocycles. The van der Waals surface area contributed by atoms with Crippen LogP contribution in [0.25, 0.3) is 21.6 Å². The Labute approximate surface area is 134 Å². The van der Waals surface area contributed by atoms with Gasteiger partial charge in [-0.1, -0.05) is 11.2 Å². The van der Waals surface area contributed by atoms with E-state index in [0.29, 0.717) is 0 Å². The van der Waals surface area contributed by atoms with Crippen molar-refractivity contribution in [3.05, 3.63) is 29.4 Å². The van der Waals surface area contributed by atoms with Gasteiger partial charge in [0.15, 0.2) is 16.9 Å². The minimum atomic E-state index is -1.88. The van der Waals surface area contributed by atoms with Crippen molar-refractivity contribution in [2.75, 3.05) is 12.3 Å². The summed E-state index contributed by atoms with van der Waals surface area (Å²) in [6.07, 6.45) is 0.395. The predicted octanol–water partition coefficient (Wildman–Crippen LogP) is -0.195. The number of hydrogen-bond donors (Lipinski definition) is 4. The Bertz CT molecular complexity index is 847. The number of azide groups is 1. The summed E-state index contributed by atoms with van der Waals surface area (Å²) in [6.45, 7) is 2.89. The van der Waals surface area contributed by atoms with Crippen molar-refractivity contribution in [3.63, 3.8) is 0 Å². The van der Waals surface area contributed by atoms with Gasteiger partial charge < -0.3 is 25.8 Å². The molecule has 1 aliphatic rings. The van der Waals surface area contributed by atoms with Crippen LogP contribution in [0.15, 0.2) is 24.1 Å². The van der Waals surface area contributed by atoms with E-state index in [9.17, 15) is 15.3 Å². The highest BCUT2D eigenvalue weighted by atomic mass is 16.6. The maximum atomic E-state index is 10.4. The summed E-state index contributed by atoms with van der Waals surface area (Å²) in [4.78, 5) is 14.2. The molecule has 3 heterocycles. The molecule has 12 nitrogen and oxygen atoms in total. The van der Waals surface area contributed by atoms with E-state index in [0.717, 1.165) is 0 Å². The van der Waals surface area contributed by atoms with Crippen molar-refractivity contribution in [1.29, 1.82) is 0 Å². The number of nitrogens with zero attached hydrogens (tertiary/aromatic N) is 7. The molecule has 1 fully saturated rings. The third kappa shape index (κ3) is 2.13. The van der Waals surface area contributed by atoms with Gasteiger partial charge >= 0.3 is 0 Å². The van der Waals surface area contributed by atoms with Crippen LogP contribution in [0.1, 0.15) is 6.23 Å². The van der Waals surface area contributed by atoms with Crippen molar-refractivity contribution in [1.82, 2.24) is 19.5 Å². The number of hydrogen-bond acceptors (Lipinski definition) is 9. The summed E-state index contributed by atoms with van der Waals surface area (Å²) in [5, 5.41) is 33.2. The van der Waals surface area contributed by atoms with Crippen LogP contribution in [-0.4, -0.2) is 53.3 Å². The number of aromatic nitrogens is 4. The largest absolute Gasteiger partial charge is 0.492 e. The summed E-state index contributed by atoms with van der Waals surface area (Å²) in [7, 11) is 0. The molecule has 2 aromatic rings. The Kier molecular flexibility index (Phi) is 3.73. The first-order valence-electron chi connectivity index (χ1n) is 6.82. The molecule has 0 aromatic carbocycles. The van der Waals surface area contributed by atoms with E-state index < -0.39 is 36.5 Å². The lowest BCUT2D eigenvalue weighted by Gasteiger charge is -2.24. The van der Waals surface area contributed by atoms with Gasteiger partial charge in [-0.15, -0.1) is 6.58 Å². The number of rotatable bonds is 4.